The summed E-state index contributed by atoms with van der Waals surface area (Å²) in [6.07, 6.45) is 4.97. The van der Waals surface area contributed by atoms with Crippen molar-refractivity contribution in [3.63, 3.8) is 0 Å². The molecule has 1 atom stereocenters. The van der Waals surface area contributed by atoms with Gasteiger partial charge in [0.25, 0.3) is 5.91 Å². The number of nitrogens with one attached hydrogen (secondary N) is 2. The number of hydrogen-bond acceptors (Lipinski definition) is 3. The SMILES string of the molecule is CCN(C#N)C(=O)C(Cc1ccc2ccccc2c1)NC(=O)CCc1c[nH]c2ccccc12. The summed E-state index contributed by atoms with van der Waals surface area (Å²) in [5, 5.41) is 15.5. The number of aromatic amines is 1. The maximum absolute atomic E-state index is 13.0. The quantitative estimate of drug-likeness (QED) is 0.317. The smallest absolute Gasteiger partial charge is 0.258 e. The maximum Gasteiger partial charge on any atom is 0.258 e. The molecule has 1 aromatic heterocycles. The summed E-state index contributed by atoms with van der Waals surface area (Å²) in [5.41, 5.74) is 3.02. The van der Waals surface area contributed by atoms with E-state index in [9.17, 15) is 14.9 Å². The highest BCUT2D eigenvalue weighted by Gasteiger charge is 2.26. The van der Waals surface area contributed by atoms with Gasteiger partial charge in [0, 0.05) is 36.5 Å². The molecule has 33 heavy (non-hydrogen) atoms. The van der Waals surface area contributed by atoms with E-state index >= 15 is 0 Å². The Bertz CT molecular complexity index is 1330. The van der Waals surface area contributed by atoms with Gasteiger partial charge in [0.15, 0.2) is 6.19 Å². The average molecular weight is 439 g/mol. The van der Waals surface area contributed by atoms with Crippen LogP contribution in [0.2, 0.25) is 0 Å². The summed E-state index contributed by atoms with van der Waals surface area (Å²) in [4.78, 5) is 30.1. The standard InChI is InChI=1S/C27H26N4O2/c1-2-31(18-28)27(33)25(16-19-11-12-20-7-3-4-8-21(20)15-19)30-26(32)14-13-22-17-29-24-10-6-5-9-23(22)24/h3-12,15,17,25,29H,2,13-14,16H2,1H3,(H,30,32). The van der Waals surface area contributed by atoms with Crippen LogP contribution in [0.4, 0.5) is 0 Å². The molecule has 1 unspecified atom stereocenters. The predicted molar refractivity (Wildman–Crippen MR) is 129 cm³/mol. The highest BCUT2D eigenvalue weighted by Crippen LogP contribution is 2.20. The largest absolute Gasteiger partial charge is 0.361 e. The van der Waals surface area contributed by atoms with Gasteiger partial charge in [-0.3, -0.25) is 9.59 Å². The minimum absolute atomic E-state index is 0.214. The van der Waals surface area contributed by atoms with Crippen molar-refractivity contribution in [1.82, 2.24) is 15.2 Å². The molecule has 2 amide bonds. The molecule has 4 aromatic rings. The number of hydrogen-bond donors (Lipinski definition) is 2. The van der Waals surface area contributed by atoms with Gasteiger partial charge in [0.1, 0.15) is 6.04 Å². The van der Waals surface area contributed by atoms with Crippen LogP contribution in [0.1, 0.15) is 24.5 Å². The van der Waals surface area contributed by atoms with Crippen molar-refractivity contribution in [2.24, 2.45) is 0 Å². The van der Waals surface area contributed by atoms with E-state index in [2.05, 4.69) is 10.3 Å². The molecule has 0 spiro atoms. The number of rotatable bonds is 8. The lowest BCUT2D eigenvalue weighted by Crippen LogP contribution is -2.48. The normalized spacial score (nSPS) is 11.8. The first-order valence-electron chi connectivity index (χ1n) is 11.1. The fourth-order valence-corrected chi connectivity index (χ4v) is 4.12. The Kier molecular flexibility index (Phi) is 6.70. The molecule has 6 heteroatoms. The number of carbonyl (C=O) groups excluding carboxylic acids is 2. The molecule has 166 valence electrons. The molecule has 0 saturated heterocycles. The number of benzene rings is 3. The summed E-state index contributed by atoms with van der Waals surface area (Å²) in [5.74, 6) is -0.609. The van der Waals surface area contributed by atoms with Crippen LogP contribution in [0.5, 0.6) is 0 Å². The first kappa shape index (κ1) is 22.1. The van der Waals surface area contributed by atoms with E-state index in [1.807, 2.05) is 79.1 Å². The number of fused-ring (bicyclic) bond motifs is 2. The van der Waals surface area contributed by atoms with Gasteiger partial charge < -0.3 is 10.3 Å². The van der Waals surface area contributed by atoms with Crippen molar-refractivity contribution in [2.45, 2.75) is 32.2 Å². The van der Waals surface area contributed by atoms with Crippen LogP contribution in [-0.2, 0) is 22.4 Å². The zero-order chi connectivity index (χ0) is 23.2. The van der Waals surface area contributed by atoms with Gasteiger partial charge in [-0.25, -0.2) is 4.90 Å². The van der Waals surface area contributed by atoms with Crippen molar-refractivity contribution in [2.75, 3.05) is 6.54 Å². The van der Waals surface area contributed by atoms with E-state index in [1.165, 1.54) is 0 Å². The molecular formula is C27H26N4O2. The van der Waals surface area contributed by atoms with E-state index in [4.69, 9.17) is 0 Å². The van der Waals surface area contributed by atoms with E-state index < -0.39 is 11.9 Å². The lowest BCUT2D eigenvalue weighted by atomic mass is 10.0. The van der Waals surface area contributed by atoms with Crippen molar-refractivity contribution in [3.8, 4) is 6.19 Å². The van der Waals surface area contributed by atoms with Gasteiger partial charge >= 0.3 is 0 Å². The summed E-state index contributed by atoms with van der Waals surface area (Å²) >= 11 is 0. The summed E-state index contributed by atoms with van der Waals surface area (Å²) in [6, 6.07) is 21.1. The third-order valence-corrected chi connectivity index (χ3v) is 5.89. The van der Waals surface area contributed by atoms with Crippen molar-refractivity contribution >= 4 is 33.5 Å². The Labute approximate surface area is 192 Å². The van der Waals surface area contributed by atoms with Crippen LogP contribution in [0.15, 0.2) is 72.9 Å². The van der Waals surface area contributed by atoms with Crippen LogP contribution in [-0.4, -0.2) is 34.3 Å². The molecule has 0 aliphatic carbocycles. The number of para-hydroxylation sites is 1. The maximum atomic E-state index is 13.0. The molecule has 0 aliphatic rings. The molecule has 0 fully saturated rings. The first-order valence-corrected chi connectivity index (χ1v) is 11.1. The fraction of sp³-hybridized carbons (Fsp3) is 0.222. The number of H-pyrrole nitrogens is 1. The number of aryl methyl sites for hydroxylation is 1. The highest BCUT2D eigenvalue weighted by molar-refractivity contribution is 5.90. The Morgan fingerprint density at radius 2 is 1.82 bits per heavy atom. The number of nitrogens with zero attached hydrogens (tertiary/aromatic N) is 2. The number of carbonyl (C=O) groups is 2. The predicted octanol–water partition coefficient (Wildman–Crippen LogP) is 4.31. The minimum atomic E-state index is -0.804. The molecule has 1 heterocycles. The van der Waals surface area contributed by atoms with E-state index in [1.54, 1.807) is 6.92 Å². The van der Waals surface area contributed by atoms with Gasteiger partial charge in [0.05, 0.1) is 0 Å². The molecule has 2 N–H and O–H groups in total. The molecular weight excluding hydrogens is 412 g/mol. The Hall–Kier alpha value is -4.11. The van der Waals surface area contributed by atoms with E-state index in [0.29, 0.717) is 12.8 Å². The van der Waals surface area contributed by atoms with E-state index in [0.717, 1.165) is 37.7 Å². The van der Waals surface area contributed by atoms with Crippen molar-refractivity contribution < 1.29 is 9.59 Å². The Morgan fingerprint density at radius 1 is 1.06 bits per heavy atom. The van der Waals surface area contributed by atoms with Crippen LogP contribution in [0.25, 0.3) is 21.7 Å². The number of amides is 2. The molecule has 0 radical (unpaired) electrons. The van der Waals surface area contributed by atoms with Crippen LogP contribution >= 0.6 is 0 Å². The van der Waals surface area contributed by atoms with Gasteiger partial charge in [-0.1, -0.05) is 60.7 Å². The van der Waals surface area contributed by atoms with Crippen LogP contribution in [0.3, 0.4) is 0 Å². The average Bonchev–Trinajstić information content (AvgIpc) is 3.26. The van der Waals surface area contributed by atoms with Gasteiger partial charge in [-0.05, 0) is 41.3 Å². The number of nitriles is 1. The van der Waals surface area contributed by atoms with Gasteiger partial charge in [-0.2, -0.15) is 5.26 Å². The Morgan fingerprint density at radius 3 is 2.61 bits per heavy atom. The zero-order valence-electron chi connectivity index (χ0n) is 18.5. The second-order valence-corrected chi connectivity index (χ2v) is 8.05. The minimum Gasteiger partial charge on any atom is -0.361 e. The fourth-order valence-electron chi connectivity index (χ4n) is 4.12. The number of aromatic nitrogens is 1. The molecule has 4 rings (SSSR count). The monoisotopic (exact) mass is 438 g/mol. The highest BCUT2D eigenvalue weighted by atomic mass is 16.2. The Balaban J connectivity index is 1.49. The molecule has 0 saturated carbocycles. The number of likely N-dealkylation sites (N-methyl/N-ethyl adjacent to an activating group) is 1. The molecule has 3 aromatic carbocycles. The zero-order valence-corrected chi connectivity index (χ0v) is 18.5. The van der Waals surface area contributed by atoms with Crippen molar-refractivity contribution in [3.05, 3.63) is 84.1 Å². The van der Waals surface area contributed by atoms with Crippen molar-refractivity contribution in [1.29, 1.82) is 5.26 Å². The second kappa shape index (κ2) is 10.0. The lowest BCUT2D eigenvalue weighted by molar-refractivity contribution is -0.133. The molecule has 0 bridgehead atoms. The molecule has 0 aliphatic heterocycles. The molecule has 6 nitrogen and oxygen atoms in total. The second-order valence-electron chi connectivity index (χ2n) is 8.05. The van der Waals surface area contributed by atoms with Gasteiger partial charge in [-0.15, -0.1) is 0 Å². The topological polar surface area (TPSA) is 89.0 Å². The third-order valence-electron chi connectivity index (χ3n) is 5.89. The van der Waals surface area contributed by atoms with Gasteiger partial charge in [0.2, 0.25) is 5.91 Å². The summed E-state index contributed by atoms with van der Waals surface area (Å²) in [6.45, 7) is 2.00. The van der Waals surface area contributed by atoms with E-state index in [-0.39, 0.29) is 18.9 Å². The third kappa shape index (κ3) is 5.04. The summed E-state index contributed by atoms with van der Waals surface area (Å²) in [7, 11) is 0. The first-order chi connectivity index (χ1) is 16.1. The lowest BCUT2D eigenvalue weighted by Gasteiger charge is -2.22. The van der Waals surface area contributed by atoms with Crippen LogP contribution in [0, 0.1) is 11.5 Å². The summed E-state index contributed by atoms with van der Waals surface area (Å²) < 4.78 is 0. The van der Waals surface area contributed by atoms with Crippen LogP contribution < -0.4 is 5.32 Å².